The molecule has 0 amide bonds. The Bertz CT molecular complexity index is 325. The van der Waals surface area contributed by atoms with Gasteiger partial charge in [0.2, 0.25) is 0 Å². The quantitative estimate of drug-likeness (QED) is 0.753. The number of benzene rings is 1. The van der Waals surface area contributed by atoms with Crippen LogP contribution in [-0.4, -0.2) is 17.6 Å². The van der Waals surface area contributed by atoms with Gasteiger partial charge in [0.25, 0.3) is 0 Å². The normalized spacial score (nSPS) is 12.1. The zero-order chi connectivity index (χ0) is 12.2. The smallest absolute Gasteiger partial charge is 0.321 e. The van der Waals surface area contributed by atoms with Gasteiger partial charge in [0.05, 0.1) is 6.61 Å². The summed E-state index contributed by atoms with van der Waals surface area (Å²) in [7, 11) is -2.74. The summed E-state index contributed by atoms with van der Waals surface area (Å²) in [5, 5.41) is 0. The molecule has 1 aromatic carbocycles. The van der Waals surface area contributed by atoms with E-state index in [9.17, 15) is 4.39 Å². The van der Waals surface area contributed by atoms with Gasteiger partial charge in [-0.25, -0.2) is 4.39 Å². The van der Waals surface area contributed by atoms with E-state index in [0.29, 0.717) is 6.61 Å². The van der Waals surface area contributed by atoms with Crippen molar-refractivity contribution in [2.45, 2.75) is 32.8 Å². The first-order valence-corrected chi connectivity index (χ1v) is 10.5. The van der Waals surface area contributed by atoms with Gasteiger partial charge in [-0.05, 0) is 43.9 Å². The van der Waals surface area contributed by atoms with Gasteiger partial charge in [0, 0.05) is 0 Å². The molecule has 0 fully saturated rings. The summed E-state index contributed by atoms with van der Waals surface area (Å²) in [5.41, 5.74) is 0.978. The van der Waals surface area contributed by atoms with Gasteiger partial charge in [-0.1, -0.05) is 12.1 Å². The van der Waals surface area contributed by atoms with Crippen LogP contribution in [0.25, 0.3) is 0 Å². The highest BCUT2D eigenvalue weighted by Gasteiger charge is 2.25. The monoisotopic (exact) mass is 257 g/mol. The molecule has 0 heterocycles. The molecule has 16 heavy (non-hydrogen) atoms. The topological polar surface area (TPSA) is 18.5 Å². The van der Waals surface area contributed by atoms with Crippen LogP contribution in [0.15, 0.2) is 24.3 Å². The summed E-state index contributed by atoms with van der Waals surface area (Å²) in [6, 6.07) is 6.37. The fraction of sp³-hybridized carbons (Fsp3) is 0.455. The molecule has 1 radical (unpaired) electrons. The van der Waals surface area contributed by atoms with Crippen LogP contribution in [0.4, 0.5) is 4.39 Å². The van der Waals surface area contributed by atoms with Gasteiger partial charge < -0.3 is 8.54 Å². The van der Waals surface area contributed by atoms with E-state index in [-0.39, 0.29) is 5.82 Å². The van der Waals surface area contributed by atoms with E-state index in [0.717, 1.165) is 5.56 Å². The van der Waals surface area contributed by atoms with Gasteiger partial charge in [-0.2, -0.15) is 0 Å². The van der Waals surface area contributed by atoms with Crippen LogP contribution in [0.2, 0.25) is 26.2 Å². The molecule has 0 atom stereocenters. The molecule has 0 unspecified atom stereocenters. The maximum atomic E-state index is 12.7. The Kier molecular flexibility index (Phi) is 4.85. The molecule has 0 aliphatic rings. The fourth-order valence-corrected chi connectivity index (χ4v) is 6.04. The van der Waals surface area contributed by atoms with E-state index in [1.54, 1.807) is 12.1 Å². The molecule has 0 spiro atoms. The molecule has 0 N–H and O–H groups in total. The lowest BCUT2D eigenvalue weighted by atomic mass is 10.2. The maximum absolute atomic E-state index is 12.7. The van der Waals surface area contributed by atoms with Crippen LogP contribution in [0, 0.1) is 5.82 Å². The van der Waals surface area contributed by atoms with E-state index in [1.807, 2.05) is 13.1 Å². The molecule has 0 bridgehead atoms. The van der Waals surface area contributed by atoms with Gasteiger partial charge >= 0.3 is 8.56 Å². The van der Waals surface area contributed by atoms with Crippen LogP contribution >= 0.6 is 0 Å². The minimum absolute atomic E-state index is 0.218. The molecular weight excluding hydrogens is 239 g/mol. The van der Waals surface area contributed by atoms with Crippen LogP contribution in [-0.2, 0) is 15.1 Å². The Morgan fingerprint density at radius 1 is 1.19 bits per heavy atom. The molecular formula is C11H18FO2Si2. The Labute approximate surface area is 99.4 Å². The summed E-state index contributed by atoms with van der Waals surface area (Å²) in [5.74, 6) is -0.218. The second-order valence-electron chi connectivity index (χ2n) is 4.33. The van der Waals surface area contributed by atoms with Gasteiger partial charge in [-0.15, -0.1) is 0 Å². The van der Waals surface area contributed by atoms with E-state index >= 15 is 0 Å². The molecule has 1 aromatic rings. The lowest BCUT2D eigenvalue weighted by Crippen LogP contribution is -2.38. The molecule has 89 valence electrons. The van der Waals surface area contributed by atoms with E-state index in [1.165, 1.54) is 12.1 Å². The minimum Gasteiger partial charge on any atom is -0.436 e. The average molecular weight is 257 g/mol. The number of rotatable bonds is 5. The summed E-state index contributed by atoms with van der Waals surface area (Å²) in [6.07, 6.45) is 0. The van der Waals surface area contributed by atoms with E-state index < -0.39 is 17.6 Å². The van der Waals surface area contributed by atoms with Crippen LogP contribution < -0.4 is 0 Å². The largest absolute Gasteiger partial charge is 0.436 e. The number of hydrogen-bond acceptors (Lipinski definition) is 2. The second kappa shape index (κ2) is 5.72. The van der Waals surface area contributed by atoms with Crippen LogP contribution in [0.5, 0.6) is 0 Å². The van der Waals surface area contributed by atoms with Gasteiger partial charge in [-0.3, -0.25) is 0 Å². The molecule has 0 aliphatic carbocycles. The van der Waals surface area contributed by atoms with Crippen molar-refractivity contribution < 1.29 is 12.9 Å². The Morgan fingerprint density at radius 2 is 1.75 bits per heavy atom. The van der Waals surface area contributed by atoms with Crippen molar-refractivity contribution in [1.29, 1.82) is 0 Å². The molecule has 2 nitrogen and oxygen atoms in total. The number of halogens is 1. The highest BCUT2D eigenvalue weighted by atomic mass is 28.4. The number of hydrogen-bond donors (Lipinski definition) is 0. The second-order valence-corrected chi connectivity index (χ2v) is 10.0. The van der Waals surface area contributed by atoms with Crippen molar-refractivity contribution in [3.8, 4) is 0 Å². The van der Waals surface area contributed by atoms with Crippen LogP contribution in [0.3, 0.4) is 0 Å². The van der Waals surface area contributed by atoms with Crippen molar-refractivity contribution in [3.05, 3.63) is 35.6 Å². The highest BCUT2D eigenvalue weighted by Crippen LogP contribution is 2.12. The first-order chi connectivity index (χ1) is 7.39. The van der Waals surface area contributed by atoms with E-state index in [2.05, 4.69) is 13.1 Å². The predicted molar refractivity (Wildman–Crippen MR) is 67.2 cm³/mol. The summed E-state index contributed by atoms with van der Waals surface area (Å²) in [4.78, 5) is 0. The SMILES string of the molecule is C[Si](C)O[Si](C)(C)OCc1ccc(F)cc1. The molecule has 1 rings (SSSR count). The molecule has 0 saturated carbocycles. The Morgan fingerprint density at radius 3 is 2.25 bits per heavy atom. The lowest BCUT2D eigenvalue weighted by Gasteiger charge is -2.25. The highest BCUT2D eigenvalue weighted by molar-refractivity contribution is 6.72. The van der Waals surface area contributed by atoms with Crippen molar-refractivity contribution in [2.75, 3.05) is 0 Å². The predicted octanol–water partition coefficient (Wildman–Crippen LogP) is 3.31. The minimum atomic E-state index is -2.01. The third kappa shape index (κ3) is 5.02. The van der Waals surface area contributed by atoms with Crippen molar-refractivity contribution in [2.24, 2.45) is 0 Å². The first-order valence-electron chi connectivity index (χ1n) is 5.26. The molecule has 0 aliphatic heterocycles. The Hall–Kier alpha value is -0.496. The third-order valence-corrected chi connectivity index (χ3v) is 6.39. The van der Waals surface area contributed by atoms with Crippen molar-refractivity contribution in [1.82, 2.24) is 0 Å². The third-order valence-electron chi connectivity index (χ3n) is 1.95. The molecule has 5 heteroatoms. The molecule has 0 aromatic heterocycles. The van der Waals surface area contributed by atoms with Gasteiger partial charge in [0.1, 0.15) is 5.82 Å². The zero-order valence-corrected chi connectivity index (χ0v) is 12.2. The van der Waals surface area contributed by atoms with Crippen LogP contribution in [0.1, 0.15) is 5.56 Å². The van der Waals surface area contributed by atoms with Crippen molar-refractivity contribution >= 4 is 17.6 Å². The standard InChI is InChI=1S/C11H18FO2Si2/c1-15(2)14-16(3,4)13-9-10-5-7-11(12)8-6-10/h5-8H,9H2,1-4H3. The van der Waals surface area contributed by atoms with E-state index in [4.69, 9.17) is 8.54 Å². The fourth-order valence-electron chi connectivity index (χ4n) is 1.36. The average Bonchev–Trinajstić information content (AvgIpc) is 2.15. The Balaban J connectivity index is 2.47. The summed E-state index contributed by atoms with van der Waals surface area (Å²) in [6.45, 7) is 8.76. The van der Waals surface area contributed by atoms with Gasteiger partial charge in [0.15, 0.2) is 9.04 Å². The maximum Gasteiger partial charge on any atom is 0.321 e. The first kappa shape index (κ1) is 13.6. The zero-order valence-electron chi connectivity index (χ0n) is 10.2. The summed E-state index contributed by atoms with van der Waals surface area (Å²) >= 11 is 0. The lowest BCUT2D eigenvalue weighted by molar-refractivity contribution is 0.238. The molecule has 0 saturated heterocycles. The van der Waals surface area contributed by atoms with Crippen molar-refractivity contribution in [3.63, 3.8) is 0 Å². The summed E-state index contributed by atoms with van der Waals surface area (Å²) < 4.78 is 24.3.